The first-order chi connectivity index (χ1) is 9.09. The van der Waals surface area contributed by atoms with Crippen LogP contribution in [0.25, 0.3) is 0 Å². The molecule has 0 radical (unpaired) electrons. The van der Waals surface area contributed by atoms with Crippen molar-refractivity contribution in [2.75, 3.05) is 0 Å². The fourth-order valence-electron chi connectivity index (χ4n) is 2.09. The summed E-state index contributed by atoms with van der Waals surface area (Å²) in [6.45, 7) is 11.7. The van der Waals surface area contributed by atoms with E-state index in [-0.39, 0.29) is 24.3 Å². The minimum Gasteiger partial charge on any atom is -0.481 e. The minimum atomic E-state index is -0.998. The summed E-state index contributed by atoms with van der Waals surface area (Å²) in [5, 5.41) is 12.2. The molecule has 2 atom stereocenters. The van der Waals surface area contributed by atoms with Gasteiger partial charge in [-0.1, -0.05) is 40.5 Å². The van der Waals surface area contributed by atoms with Gasteiger partial charge in [0, 0.05) is 12.5 Å². The molecule has 0 aromatic carbocycles. The maximum atomic E-state index is 12.0. The number of carbonyl (C=O) groups excluding carboxylic acids is 1. The largest absolute Gasteiger partial charge is 0.481 e. The number of hydrogen-bond acceptors (Lipinski definition) is 2. The molecule has 0 bridgehead atoms. The highest BCUT2D eigenvalue weighted by Crippen LogP contribution is 2.31. The molecular weight excluding hydrogens is 254 g/mol. The third-order valence-corrected chi connectivity index (χ3v) is 4.12. The standard InChI is InChI=1S/C16H31NO3/c1-11(2)8-7-9-13(5)17-14(18)10-16(6,12(3)4)15(19)20/h11-13H,7-10H2,1-6H3,(H,17,18)(H,19,20). The summed E-state index contributed by atoms with van der Waals surface area (Å²) in [7, 11) is 0. The monoisotopic (exact) mass is 285 g/mol. The summed E-state index contributed by atoms with van der Waals surface area (Å²) >= 11 is 0. The summed E-state index contributed by atoms with van der Waals surface area (Å²) in [6, 6.07) is 0.103. The van der Waals surface area contributed by atoms with Gasteiger partial charge in [0.25, 0.3) is 0 Å². The van der Waals surface area contributed by atoms with Crippen LogP contribution in [0.3, 0.4) is 0 Å². The Bertz CT molecular complexity index is 326. The maximum absolute atomic E-state index is 12.0. The molecule has 20 heavy (non-hydrogen) atoms. The van der Waals surface area contributed by atoms with Gasteiger partial charge in [-0.2, -0.15) is 0 Å². The Balaban J connectivity index is 4.30. The molecule has 0 aromatic heterocycles. The molecule has 0 rings (SSSR count). The van der Waals surface area contributed by atoms with E-state index in [0.29, 0.717) is 5.92 Å². The highest BCUT2D eigenvalue weighted by molar-refractivity contribution is 5.85. The third kappa shape index (κ3) is 6.40. The quantitative estimate of drug-likeness (QED) is 0.682. The smallest absolute Gasteiger partial charge is 0.310 e. The number of carboxylic acids is 1. The van der Waals surface area contributed by atoms with Crippen LogP contribution in [0.2, 0.25) is 0 Å². The van der Waals surface area contributed by atoms with Gasteiger partial charge in [0.2, 0.25) is 5.91 Å². The van der Waals surface area contributed by atoms with Gasteiger partial charge in [0.05, 0.1) is 5.41 Å². The van der Waals surface area contributed by atoms with E-state index in [1.165, 1.54) is 0 Å². The highest BCUT2D eigenvalue weighted by Gasteiger charge is 2.38. The Morgan fingerprint density at radius 2 is 1.65 bits per heavy atom. The normalized spacial score (nSPS) is 16.0. The summed E-state index contributed by atoms with van der Waals surface area (Å²) in [5.74, 6) is -0.480. The van der Waals surface area contributed by atoms with Crippen molar-refractivity contribution in [1.82, 2.24) is 5.32 Å². The van der Waals surface area contributed by atoms with Crippen LogP contribution in [0.15, 0.2) is 0 Å². The Morgan fingerprint density at radius 1 is 1.10 bits per heavy atom. The van der Waals surface area contributed by atoms with E-state index < -0.39 is 11.4 Å². The fraction of sp³-hybridized carbons (Fsp3) is 0.875. The zero-order valence-electron chi connectivity index (χ0n) is 13.8. The zero-order valence-corrected chi connectivity index (χ0v) is 13.8. The first-order valence-electron chi connectivity index (χ1n) is 7.62. The molecule has 0 aromatic rings. The van der Waals surface area contributed by atoms with Crippen molar-refractivity contribution in [3.8, 4) is 0 Å². The van der Waals surface area contributed by atoms with Crippen molar-refractivity contribution >= 4 is 11.9 Å². The van der Waals surface area contributed by atoms with Crippen molar-refractivity contribution in [3.05, 3.63) is 0 Å². The second-order valence-electron chi connectivity index (χ2n) is 6.85. The average molecular weight is 285 g/mol. The van der Waals surface area contributed by atoms with E-state index in [0.717, 1.165) is 19.3 Å². The predicted octanol–water partition coefficient (Wildman–Crippen LogP) is 3.45. The molecule has 0 aliphatic rings. The Morgan fingerprint density at radius 3 is 2.05 bits per heavy atom. The van der Waals surface area contributed by atoms with Crippen molar-refractivity contribution in [2.45, 2.75) is 73.3 Å². The molecule has 4 heteroatoms. The van der Waals surface area contributed by atoms with E-state index in [9.17, 15) is 14.7 Å². The van der Waals surface area contributed by atoms with Gasteiger partial charge < -0.3 is 10.4 Å². The Kier molecular flexibility index (Phi) is 7.84. The molecule has 0 heterocycles. The van der Waals surface area contributed by atoms with Gasteiger partial charge in [-0.3, -0.25) is 9.59 Å². The van der Waals surface area contributed by atoms with E-state index in [1.807, 2.05) is 20.8 Å². The molecule has 0 aliphatic carbocycles. The summed E-state index contributed by atoms with van der Waals surface area (Å²) < 4.78 is 0. The number of hydrogen-bond donors (Lipinski definition) is 2. The predicted molar refractivity (Wildman–Crippen MR) is 81.5 cm³/mol. The molecule has 1 amide bonds. The second-order valence-corrected chi connectivity index (χ2v) is 6.85. The van der Waals surface area contributed by atoms with Gasteiger partial charge in [-0.25, -0.2) is 0 Å². The lowest BCUT2D eigenvalue weighted by atomic mass is 9.76. The van der Waals surface area contributed by atoms with Gasteiger partial charge in [-0.15, -0.1) is 0 Å². The zero-order chi connectivity index (χ0) is 15.9. The number of carbonyl (C=O) groups is 2. The number of amides is 1. The number of aliphatic carboxylic acids is 1. The molecule has 118 valence electrons. The maximum Gasteiger partial charge on any atom is 0.310 e. The van der Waals surface area contributed by atoms with Crippen LogP contribution in [-0.4, -0.2) is 23.0 Å². The second kappa shape index (κ2) is 8.28. The molecular formula is C16H31NO3. The van der Waals surface area contributed by atoms with E-state index >= 15 is 0 Å². The SMILES string of the molecule is CC(C)CCCC(C)NC(=O)CC(C)(C(=O)O)C(C)C. The van der Waals surface area contributed by atoms with E-state index in [1.54, 1.807) is 6.92 Å². The first-order valence-corrected chi connectivity index (χ1v) is 7.62. The number of carboxylic acid groups (broad SMARTS) is 1. The van der Waals surface area contributed by atoms with Crippen LogP contribution in [0.1, 0.15) is 67.2 Å². The van der Waals surface area contributed by atoms with Gasteiger partial charge in [0.1, 0.15) is 0 Å². The van der Waals surface area contributed by atoms with E-state index in [2.05, 4.69) is 19.2 Å². The minimum absolute atomic E-state index is 0.0362. The molecule has 0 saturated heterocycles. The number of nitrogens with one attached hydrogen (secondary N) is 1. The van der Waals surface area contributed by atoms with E-state index in [4.69, 9.17) is 0 Å². The van der Waals surface area contributed by atoms with Gasteiger partial charge in [-0.05, 0) is 32.1 Å². The van der Waals surface area contributed by atoms with Crippen molar-refractivity contribution < 1.29 is 14.7 Å². The van der Waals surface area contributed by atoms with Crippen LogP contribution in [-0.2, 0) is 9.59 Å². The molecule has 2 N–H and O–H groups in total. The topological polar surface area (TPSA) is 66.4 Å². The molecule has 2 unspecified atom stereocenters. The molecule has 4 nitrogen and oxygen atoms in total. The molecule has 0 saturated carbocycles. The van der Waals surface area contributed by atoms with Crippen molar-refractivity contribution in [3.63, 3.8) is 0 Å². The van der Waals surface area contributed by atoms with Gasteiger partial charge in [0.15, 0.2) is 0 Å². The average Bonchev–Trinajstić information content (AvgIpc) is 2.27. The van der Waals surface area contributed by atoms with Crippen molar-refractivity contribution in [1.29, 1.82) is 0 Å². The summed E-state index contributed by atoms with van der Waals surface area (Å²) in [4.78, 5) is 23.4. The Hall–Kier alpha value is -1.06. The fourth-order valence-corrected chi connectivity index (χ4v) is 2.09. The molecule has 0 spiro atoms. The molecule has 0 fully saturated rings. The first kappa shape index (κ1) is 18.9. The molecule has 0 aliphatic heterocycles. The van der Waals surface area contributed by atoms with Crippen molar-refractivity contribution in [2.24, 2.45) is 17.3 Å². The van der Waals surface area contributed by atoms with Crippen LogP contribution in [0.4, 0.5) is 0 Å². The lowest BCUT2D eigenvalue weighted by Gasteiger charge is -2.29. The van der Waals surface area contributed by atoms with Crippen LogP contribution in [0.5, 0.6) is 0 Å². The third-order valence-electron chi connectivity index (χ3n) is 4.12. The summed E-state index contributed by atoms with van der Waals surface area (Å²) in [5.41, 5.74) is -0.998. The Labute approximate surface area is 123 Å². The summed E-state index contributed by atoms with van der Waals surface area (Å²) in [6.07, 6.45) is 3.21. The highest BCUT2D eigenvalue weighted by atomic mass is 16.4. The van der Waals surface area contributed by atoms with Crippen LogP contribution < -0.4 is 5.32 Å². The lowest BCUT2D eigenvalue weighted by Crippen LogP contribution is -2.41. The van der Waals surface area contributed by atoms with Gasteiger partial charge >= 0.3 is 5.97 Å². The van der Waals surface area contributed by atoms with Crippen LogP contribution in [0, 0.1) is 17.3 Å². The lowest BCUT2D eigenvalue weighted by molar-refractivity contribution is -0.153. The number of rotatable bonds is 9. The van der Waals surface area contributed by atoms with Crippen LogP contribution >= 0.6 is 0 Å².